The van der Waals surface area contributed by atoms with Crippen LogP contribution >= 0.6 is 12.2 Å². The molecule has 0 amide bonds. The molecule has 3 aromatic rings. The minimum absolute atomic E-state index is 0.633. The predicted molar refractivity (Wildman–Crippen MR) is 105 cm³/mol. The molecule has 0 atom stereocenters. The summed E-state index contributed by atoms with van der Waals surface area (Å²) in [5.74, 6) is 0. The van der Waals surface area contributed by atoms with Crippen molar-refractivity contribution < 1.29 is 0 Å². The van der Waals surface area contributed by atoms with Crippen molar-refractivity contribution in [2.75, 3.05) is 18.4 Å². The number of hydrogen-bond acceptors (Lipinski definition) is 3. The summed E-state index contributed by atoms with van der Waals surface area (Å²) in [6, 6.07) is 8.01. The lowest BCUT2D eigenvalue weighted by Gasteiger charge is -2.23. The standard InChI is InChI=1S/C19H18N4S/c1-3-10-23(11-4-2)19(24)22-17-12-14-7-9-20-13-16(14)18-15(17)6-5-8-21-18/h3-9,12-13H,1-2,10-11H2,(H,22,24). The van der Waals surface area contributed by atoms with Crippen molar-refractivity contribution in [3.05, 3.63) is 68.2 Å². The molecule has 0 saturated carbocycles. The van der Waals surface area contributed by atoms with Crippen LogP contribution in [0.5, 0.6) is 0 Å². The van der Waals surface area contributed by atoms with Gasteiger partial charge >= 0.3 is 0 Å². The third-order valence-corrected chi connectivity index (χ3v) is 4.10. The second-order valence-electron chi connectivity index (χ2n) is 5.33. The second-order valence-corrected chi connectivity index (χ2v) is 5.72. The van der Waals surface area contributed by atoms with E-state index in [0.29, 0.717) is 18.2 Å². The Morgan fingerprint density at radius 1 is 1.17 bits per heavy atom. The highest BCUT2D eigenvalue weighted by Gasteiger charge is 2.11. The van der Waals surface area contributed by atoms with E-state index in [2.05, 4.69) is 34.5 Å². The van der Waals surface area contributed by atoms with Gasteiger partial charge in [0.05, 0.1) is 11.2 Å². The Hall–Kier alpha value is -2.79. The summed E-state index contributed by atoms with van der Waals surface area (Å²) in [6.45, 7) is 8.88. The Kier molecular flexibility index (Phi) is 4.82. The van der Waals surface area contributed by atoms with Gasteiger partial charge in [-0.1, -0.05) is 12.2 Å². The first-order valence-electron chi connectivity index (χ1n) is 7.63. The van der Waals surface area contributed by atoms with Gasteiger partial charge < -0.3 is 10.2 Å². The quantitative estimate of drug-likeness (QED) is 0.431. The summed E-state index contributed by atoms with van der Waals surface area (Å²) in [4.78, 5) is 10.7. The summed E-state index contributed by atoms with van der Waals surface area (Å²) in [6.07, 6.45) is 9.06. The van der Waals surface area contributed by atoms with E-state index < -0.39 is 0 Å². The first kappa shape index (κ1) is 16.1. The molecule has 1 aromatic carbocycles. The lowest BCUT2D eigenvalue weighted by molar-refractivity contribution is 0.522. The van der Waals surface area contributed by atoms with E-state index in [1.165, 1.54) is 0 Å². The van der Waals surface area contributed by atoms with Gasteiger partial charge in [0.25, 0.3) is 0 Å². The highest BCUT2D eigenvalue weighted by Crippen LogP contribution is 2.30. The third kappa shape index (κ3) is 3.12. The van der Waals surface area contributed by atoms with Crippen LogP contribution in [0.2, 0.25) is 0 Å². The maximum atomic E-state index is 5.56. The Balaban J connectivity index is 2.06. The van der Waals surface area contributed by atoms with Crippen LogP contribution in [0.4, 0.5) is 5.69 Å². The lowest BCUT2D eigenvalue weighted by atomic mass is 10.1. The van der Waals surface area contributed by atoms with Gasteiger partial charge in [-0.3, -0.25) is 9.97 Å². The molecule has 0 bridgehead atoms. The van der Waals surface area contributed by atoms with Gasteiger partial charge in [-0.05, 0) is 41.9 Å². The zero-order chi connectivity index (χ0) is 16.9. The van der Waals surface area contributed by atoms with Gasteiger partial charge in [-0.15, -0.1) is 13.2 Å². The Morgan fingerprint density at radius 2 is 1.96 bits per heavy atom. The monoisotopic (exact) mass is 334 g/mol. The molecule has 0 unspecified atom stereocenters. The largest absolute Gasteiger partial charge is 0.342 e. The molecule has 1 N–H and O–H groups in total. The third-order valence-electron chi connectivity index (χ3n) is 3.74. The van der Waals surface area contributed by atoms with E-state index >= 15 is 0 Å². The number of nitrogens with one attached hydrogen (secondary N) is 1. The average Bonchev–Trinajstić information content (AvgIpc) is 2.61. The van der Waals surface area contributed by atoms with Gasteiger partial charge in [0.15, 0.2) is 5.11 Å². The van der Waals surface area contributed by atoms with Crippen LogP contribution in [0.3, 0.4) is 0 Å². The SMILES string of the molecule is C=CCN(CC=C)C(=S)Nc1cc2ccncc2c2ncccc12. The number of benzene rings is 1. The predicted octanol–water partition coefficient (Wildman–Crippen LogP) is 4.15. The van der Waals surface area contributed by atoms with Crippen molar-refractivity contribution in [3.63, 3.8) is 0 Å². The summed E-state index contributed by atoms with van der Waals surface area (Å²) in [5.41, 5.74) is 1.84. The molecule has 0 aliphatic rings. The van der Waals surface area contributed by atoms with E-state index in [0.717, 1.165) is 27.4 Å². The molecule has 0 radical (unpaired) electrons. The normalized spacial score (nSPS) is 10.5. The Bertz CT molecular complexity index is 910. The minimum atomic E-state index is 0.633. The maximum Gasteiger partial charge on any atom is 0.174 e. The van der Waals surface area contributed by atoms with Crippen molar-refractivity contribution in [1.29, 1.82) is 0 Å². The van der Waals surface area contributed by atoms with E-state index in [1.807, 2.05) is 41.4 Å². The molecule has 2 heterocycles. The van der Waals surface area contributed by atoms with Crippen LogP contribution in [0, 0.1) is 0 Å². The smallest absolute Gasteiger partial charge is 0.174 e. The van der Waals surface area contributed by atoms with E-state index in [9.17, 15) is 0 Å². The van der Waals surface area contributed by atoms with Crippen LogP contribution in [0.15, 0.2) is 68.2 Å². The van der Waals surface area contributed by atoms with Crippen LogP contribution in [0.25, 0.3) is 21.7 Å². The summed E-state index contributed by atoms with van der Waals surface area (Å²) in [5, 5.41) is 7.09. The van der Waals surface area contributed by atoms with Gasteiger partial charge in [-0.2, -0.15) is 0 Å². The van der Waals surface area contributed by atoms with Crippen LogP contribution in [-0.4, -0.2) is 33.1 Å². The highest BCUT2D eigenvalue weighted by atomic mass is 32.1. The number of aromatic nitrogens is 2. The molecule has 0 fully saturated rings. The fourth-order valence-electron chi connectivity index (χ4n) is 2.65. The van der Waals surface area contributed by atoms with Crippen LogP contribution in [-0.2, 0) is 0 Å². The molecule has 4 nitrogen and oxygen atoms in total. The number of hydrogen-bond donors (Lipinski definition) is 1. The summed E-state index contributed by atoms with van der Waals surface area (Å²) in [7, 11) is 0. The van der Waals surface area contributed by atoms with E-state index in [-0.39, 0.29) is 0 Å². The first-order chi connectivity index (χ1) is 11.7. The number of nitrogens with zero attached hydrogens (tertiary/aromatic N) is 3. The fraction of sp³-hybridized carbons (Fsp3) is 0.105. The molecule has 120 valence electrons. The second kappa shape index (κ2) is 7.19. The van der Waals surface area contributed by atoms with Crippen molar-refractivity contribution in [2.24, 2.45) is 0 Å². The molecule has 0 spiro atoms. The average molecular weight is 334 g/mol. The zero-order valence-corrected chi connectivity index (χ0v) is 14.1. The lowest BCUT2D eigenvalue weighted by Crippen LogP contribution is -2.35. The van der Waals surface area contributed by atoms with E-state index in [4.69, 9.17) is 12.2 Å². The number of thiocarbonyl (C=S) groups is 1. The van der Waals surface area contributed by atoms with Crippen LogP contribution < -0.4 is 5.32 Å². The molecule has 5 heteroatoms. The van der Waals surface area contributed by atoms with Gasteiger partial charge in [0.2, 0.25) is 0 Å². The number of rotatable bonds is 5. The maximum absolute atomic E-state index is 5.56. The molecule has 0 aliphatic carbocycles. The zero-order valence-electron chi connectivity index (χ0n) is 13.3. The highest BCUT2D eigenvalue weighted by molar-refractivity contribution is 7.80. The number of anilines is 1. The minimum Gasteiger partial charge on any atom is -0.342 e. The molecule has 2 aromatic heterocycles. The Labute approximate surface area is 146 Å². The van der Waals surface area contributed by atoms with Gasteiger partial charge in [0, 0.05) is 42.5 Å². The molecule has 0 aliphatic heterocycles. The summed E-state index contributed by atoms with van der Waals surface area (Å²) >= 11 is 5.56. The van der Waals surface area contributed by atoms with Gasteiger partial charge in [0.1, 0.15) is 0 Å². The van der Waals surface area contributed by atoms with Crippen molar-refractivity contribution >= 4 is 44.7 Å². The fourth-order valence-corrected chi connectivity index (χ4v) is 2.91. The number of fused-ring (bicyclic) bond motifs is 3. The molecular weight excluding hydrogens is 316 g/mol. The first-order valence-corrected chi connectivity index (χ1v) is 8.04. The Morgan fingerprint density at radius 3 is 2.71 bits per heavy atom. The van der Waals surface area contributed by atoms with Crippen molar-refractivity contribution in [2.45, 2.75) is 0 Å². The molecular formula is C19H18N4S. The van der Waals surface area contributed by atoms with E-state index in [1.54, 1.807) is 12.4 Å². The van der Waals surface area contributed by atoms with Crippen molar-refractivity contribution in [3.8, 4) is 0 Å². The van der Waals surface area contributed by atoms with Crippen LogP contribution in [0.1, 0.15) is 0 Å². The molecule has 24 heavy (non-hydrogen) atoms. The molecule has 3 rings (SSSR count). The van der Waals surface area contributed by atoms with Gasteiger partial charge in [-0.25, -0.2) is 0 Å². The summed E-state index contributed by atoms with van der Waals surface area (Å²) < 4.78 is 0. The molecule has 0 saturated heterocycles. The van der Waals surface area contributed by atoms with Crippen molar-refractivity contribution in [1.82, 2.24) is 14.9 Å². The topological polar surface area (TPSA) is 41.0 Å². The number of pyridine rings is 2.